The molecule has 0 aliphatic rings. The van der Waals surface area contributed by atoms with Gasteiger partial charge in [0.2, 0.25) is 0 Å². The minimum Gasteiger partial charge on any atom is -0.297 e. The molecule has 3 nitrogen and oxygen atoms in total. The lowest BCUT2D eigenvalue weighted by molar-refractivity contribution is 0.627. The molecular formula is C13H10FN3. The highest BCUT2D eigenvalue weighted by Crippen LogP contribution is 2.22. The Balaban J connectivity index is 2.27. The molecule has 0 fully saturated rings. The summed E-state index contributed by atoms with van der Waals surface area (Å²) >= 11 is 0. The van der Waals surface area contributed by atoms with Crippen LogP contribution in [-0.4, -0.2) is 14.4 Å². The normalized spacial score (nSPS) is 10.9. The Morgan fingerprint density at radius 1 is 1.18 bits per heavy atom. The van der Waals surface area contributed by atoms with Crippen LogP contribution in [0.2, 0.25) is 0 Å². The van der Waals surface area contributed by atoms with Crippen molar-refractivity contribution in [2.45, 2.75) is 6.92 Å². The standard InChI is InChI=1S/C13H10FN3/c1-9-4-10(6-11(14)5-9)12-7-16-13-8-15-2-3-17(12)13/h2-8H,1H3. The molecule has 0 saturated heterocycles. The van der Waals surface area contributed by atoms with Crippen molar-refractivity contribution >= 4 is 5.65 Å². The molecule has 4 heteroatoms. The zero-order chi connectivity index (χ0) is 11.8. The number of rotatable bonds is 1. The molecule has 0 unspecified atom stereocenters. The van der Waals surface area contributed by atoms with E-state index in [4.69, 9.17) is 0 Å². The van der Waals surface area contributed by atoms with Gasteiger partial charge >= 0.3 is 0 Å². The van der Waals surface area contributed by atoms with Crippen LogP contribution >= 0.6 is 0 Å². The molecule has 0 aliphatic carbocycles. The van der Waals surface area contributed by atoms with E-state index in [2.05, 4.69) is 9.97 Å². The van der Waals surface area contributed by atoms with Crippen LogP contribution in [0.1, 0.15) is 5.56 Å². The molecule has 17 heavy (non-hydrogen) atoms. The molecule has 0 amide bonds. The first-order valence-corrected chi connectivity index (χ1v) is 5.29. The van der Waals surface area contributed by atoms with E-state index in [9.17, 15) is 4.39 Å². The van der Waals surface area contributed by atoms with Gasteiger partial charge in [-0.3, -0.25) is 9.38 Å². The average molecular weight is 227 g/mol. The van der Waals surface area contributed by atoms with Crippen molar-refractivity contribution in [2.24, 2.45) is 0 Å². The summed E-state index contributed by atoms with van der Waals surface area (Å²) in [5, 5.41) is 0. The molecule has 2 heterocycles. The summed E-state index contributed by atoms with van der Waals surface area (Å²) in [6, 6.07) is 4.96. The van der Waals surface area contributed by atoms with Gasteiger partial charge in [-0.25, -0.2) is 9.37 Å². The van der Waals surface area contributed by atoms with Crippen LogP contribution in [0.15, 0.2) is 43.0 Å². The Morgan fingerprint density at radius 2 is 2.06 bits per heavy atom. The first-order valence-electron chi connectivity index (χ1n) is 5.29. The summed E-state index contributed by atoms with van der Waals surface area (Å²) in [7, 11) is 0. The molecule has 0 aliphatic heterocycles. The van der Waals surface area contributed by atoms with E-state index >= 15 is 0 Å². The third-order valence-corrected chi connectivity index (χ3v) is 2.66. The maximum Gasteiger partial charge on any atom is 0.155 e. The zero-order valence-corrected chi connectivity index (χ0v) is 9.26. The lowest BCUT2D eigenvalue weighted by Gasteiger charge is -2.03. The van der Waals surface area contributed by atoms with E-state index in [1.54, 1.807) is 18.6 Å². The predicted octanol–water partition coefficient (Wildman–Crippen LogP) is 2.84. The summed E-state index contributed by atoms with van der Waals surface area (Å²) in [5.74, 6) is -0.232. The summed E-state index contributed by atoms with van der Waals surface area (Å²) in [6.07, 6.45) is 6.91. The fraction of sp³-hybridized carbons (Fsp3) is 0.0769. The van der Waals surface area contributed by atoms with Gasteiger partial charge in [0.05, 0.1) is 18.1 Å². The van der Waals surface area contributed by atoms with Crippen LogP contribution in [0.25, 0.3) is 16.9 Å². The van der Waals surface area contributed by atoms with Crippen molar-refractivity contribution in [2.75, 3.05) is 0 Å². The van der Waals surface area contributed by atoms with Gasteiger partial charge in [0.25, 0.3) is 0 Å². The molecule has 0 N–H and O–H groups in total. The number of hydrogen-bond acceptors (Lipinski definition) is 2. The quantitative estimate of drug-likeness (QED) is 0.640. The van der Waals surface area contributed by atoms with Gasteiger partial charge in [0, 0.05) is 18.0 Å². The molecule has 0 spiro atoms. The van der Waals surface area contributed by atoms with Crippen LogP contribution in [0.3, 0.4) is 0 Å². The van der Waals surface area contributed by atoms with E-state index < -0.39 is 0 Å². The maximum absolute atomic E-state index is 13.4. The van der Waals surface area contributed by atoms with Crippen molar-refractivity contribution in [1.29, 1.82) is 0 Å². The Kier molecular flexibility index (Phi) is 2.14. The SMILES string of the molecule is Cc1cc(F)cc(-c2cnc3cnccn23)c1. The van der Waals surface area contributed by atoms with Gasteiger partial charge in [0.1, 0.15) is 5.82 Å². The summed E-state index contributed by atoms with van der Waals surface area (Å²) in [4.78, 5) is 8.23. The van der Waals surface area contributed by atoms with Gasteiger partial charge in [-0.2, -0.15) is 0 Å². The average Bonchev–Trinajstić information content (AvgIpc) is 2.71. The predicted molar refractivity (Wildman–Crippen MR) is 63.1 cm³/mol. The monoisotopic (exact) mass is 227 g/mol. The third-order valence-electron chi connectivity index (χ3n) is 2.66. The minimum atomic E-state index is -0.232. The van der Waals surface area contributed by atoms with Crippen molar-refractivity contribution in [1.82, 2.24) is 14.4 Å². The fourth-order valence-electron chi connectivity index (χ4n) is 1.94. The lowest BCUT2D eigenvalue weighted by Crippen LogP contribution is -1.90. The first-order chi connectivity index (χ1) is 8.24. The molecule has 1 aromatic carbocycles. The molecule has 3 rings (SSSR count). The maximum atomic E-state index is 13.4. The van der Waals surface area contributed by atoms with Crippen molar-refractivity contribution < 1.29 is 4.39 Å². The fourth-order valence-corrected chi connectivity index (χ4v) is 1.94. The minimum absolute atomic E-state index is 0.232. The second-order valence-electron chi connectivity index (χ2n) is 3.97. The topological polar surface area (TPSA) is 30.2 Å². The second-order valence-corrected chi connectivity index (χ2v) is 3.97. The van der Waals surface area contributed by atoms with Crippen molar-refractivity contribution in [3.63, 3.8) is 0 Å². The number of aromatic nitrogens is 3. The second kappa shape index (κ2) is 3.66. The Bertz CT molecular complexity index is 668. The molecule has 84 valence electrons. The van der Waals surface area contributed by atoms with E-state index in [1.807, 2.05) is 23.6 Å². The molecule has 0 radical (unpaired) electrons. The number of benzene rings is 1. The van der Waals surface area contributed by atoms with Gasteiger partial charge in [-0.15, -0.1) is 0 Å². The number of hydrogen-bond donors (Lipinski definition) is 0. The molecule has 0 atom stereocenters. The number of halogens is 1. The van der Waals surface area contributed by atoms with Gasteiger partial charge in [-0.05, 0) is 30.7 Å². The highest BCUT2D eigenvalue weighted by molar-refractivity contribution is 5.64. The molecule has 0 bridgehead atoms. The van der Waals surface area contributed by atoms with Gasteiger partial charge in [-0.1, -0.05) is 0 Å². The molecule has 3 aromatic rings. The Morgan fingerprint density at radius 3 is 2.88 bits per heavy atom. The Labute approximate surface area is 97.6 Å². The lowest BCUT2D eigenvalue weighted by atomic mass is 10.1. The van der Waals surface area contributed by atoms with Gasteiger partial charge in [0.15, 0.2) is 5.65 Å². The zero-order valence-electron chi connectivity index (χ0n) is 9.26. The highest BCUT2D eigenvalue weighted by Gasteiger charge is 2.07. The molecular weight excluding hydrogens is 217 g/mol. The number of aryl methyl sites for hydroxylation is 1. The van der Waals surface area contributed by atoms with Crippen LogP contribution in [0.5, 0.6) is 0 Å². The van der Waals surface area contributed by atoms with Crippen LogP contribution in [-0.2, 0) is 0 Å². The smallest absolute Gasteiger partial charge is 0.155 e. The van der Waals surface area contributed by atoms with Gasteiger partial charge < -0.3 is 0 Å². The van der Waals surface area contributed by atoms with Crippen LogP contribution < -0.4 is 0 Å². The first kappa shape index (κ1) is 9.96. The summed E-state index contributed by atoms with van der Waals surface area (Å²) < 4.78 is 15.3. The number of fused-ring (bicyclic) bond motifs is 1. The van der Waals surface area contributed by atoms with E-state index in [0.29, 0.717) is 0 Å². The van der Waals surface area contributed by atoms with Crippen LogP contribution in [0, 0.1) is 12.7 Å². The summed E-state index contributed by atoms with van der Waals surface area (Å²) in [5.41, 5.74) is 3.33. The van der Waals surface area contributed by atoms with E-state index in [0.717, 1.165) is 22.5 Å². The molecule has 2 aromatic heterocycles. The van der Waals surface area contributed by atoms with Crippen LogP contribution in [0.4, 0.5) is 4.39 Å². The van der Waals surface area contributed by atoms with Crippen molar-refractivity contribution in [3.05, 3.63) is 54.4 Å². The summed E-state index contributed by atoms with van der Waals surface area (Å²) in [6.45, 7) is 1.87. The highest BCUT2D eigenvalue weighted by atomic mass is 19.1. The Hall–Kier alpha value is -2.23. The number of nitrogens with zero attached hydrogens (tertiary/aromatic N) is 3. The third kappa shape index (κ3) is 1.67. The molecule has 0 saturated carbocycles. The number of imidazole rings is 1. The van der Waals surface area contributed by atoms with E-state index in [1.165, 1.54) is 12.1 Å². The van der Waals surface area contributed by atoms with E-state index in [-0.39, 0.29) is 5.82 Å². The van der Waals surface area contributed by atoms with Crippen molar-refractivity contribution in [3.8, 4) is 11.3 Å². The largest absolute Gasteiger partial charge is 0.297 e.